The van der Waals surface area contributed by atoms with Gasteiger partial charge in [0.25, 0.3) is 0 Å². The van der Waals surface area contributed by atoms with Crippen molar-refractivity contribution < 1.29 is 9.59 Å². The zero-order valence-electron chi connectivity index (χ0n) is 11.2. The molecule has 3 unspecified atom stereocenters. The van der Waals surface area contributed by atoms with Gasteiger partial charge in [0.05, 0.1) is 6.04 Å². The Morgan fingerprint density at radius 2 is 2.05 bits per heavy atom. The molecule has 0 aliphatic heterocycles. The molecule has 19 heavy (non-hydrogen) atoms. The van der Waals surface area contributed by atoms with Crippen molar-refractivity contribution in [3.05, 3.63) is 5.82 Å². The van der Waals surface area contributed by atoms with Gasteiger partial charge in [-0.1, -0.05) is 25.5 Å². The van der Waals surface area contributed by atoms with E-state index in [-0.39, 0.29) is 11.8 Å². The summed E-state index contributed by atoms with van der Waals surface area (Å²) in [4.78, 5) is 23.1. The van der Waals surface area contributed by atoms with E-state index in [1.54, 1.807) is 6.92 Å². The first-order valence-electron chi connectivity index (χ1n) is 6.05. The molecule has 0 radical (unpaired) electrons. The van der Waals surface area contributed by atoms with E-state index >= 15 is 0 Å². The standard InChI is InChI=1S/C10H19N7O2/c1-4-5(2)7(13-10(11)19)9(18)12-6(3)8-14-16-17-15-8/h5-7H,4H2,1-3H3,(H,12,18)(H3,11,13,19)(H,14,15,16,17). The Kier molecular flexibility index (Phi) is 5.22. The van der Waals surface area contributed by atoms with Crippen LogP contribution in [0.25, 0.3) is 0 Å². The molecule has 1 heterocycles. The van der Waals surface area contributed by atoms with Gasteiger partial charge in [-0.15, -0.1) is 10.2 Å². The topological polar surface area (TPSA) is 139 Å². The highest BCUT2D eigenvalue weighted by Gasteiger charge is 2.27. The highest BCUT2D eigenvalue weighted by molar-refractivity contribution is 5.86. The minimum atomic E-state index is -0.729. The van der Waals surface area contributed by atoms with Crippen molar-refractivity contribution in [2.24, 2.45) is 11.7 Å². The third kappa shape index (κ3) is 4.19. The summed E-state index contributed by atoms with van der Waals surface area (Å²) in [6.45, 7) is 5.51. The van der Waals surface area contributed by atoms with E-state index in [2.05, 4.69) is 31.3 Å². The first-order chi connectivity index (χ1) is 8.95. The third-order valence-electron chi connectivity index (χ3n) is 2.90. The molecular formula is C10H19N7O2. The Balaban J connectivity index is 2.68. The first kappa shape index (κ1) is 14.9. The van der Waals surface area contributed by atoms with Crippen LogP contribution in [-0.2, 0) is 4.79 Å². The number of carbonyl (C=O) groups is 2. The van der Waals surface area contributed by atoms with Crippen LogP contribution in [0.5, 0.6) is 0 Å². The minimum Gasteiger partial charge on any atom is -0.352 e. The van der Waals surface area contributed by atoms with Crippen LogP contribution in [-0.4, -0.2) is 38.6 Å². The van der Waals surface area contributed by atoms with Crippen molar-refractivity contribution in [1.82, 2.24) is 31.3 Å². The van der Waals surface area contributed by atoms with Gasteiger partial charge in [0.15, 0.2) is 5.82 Å². The maximum absolute atomic E-state index is 12.1. The van der Waals surface area contributed by atoms with Crippen LogP contribution >= 0.6 is 0 Å². The molecule has 1 aromatic rings. The van der Waals surface area contributed by atoms with Gasteiger partial charge in [-0.25, -0.2) is 4.79 Å². The summed E-state index contributed by atoms with van der Waals surface area (Å²) < 4.78 is 0. The maximum Gasteiger partial charge on any atom is 0.312 e. The van der Waals surface area contributed by atoms with E-state index in [4.69, 9.17) is 5.73 Å². The molecule has 9 nitrogen and oxygen atoms in total. The van der Waals surface area contributed by atoms with Gasteiger partial charge >= 0.3 is 6.03 Å². The second kappa shape index (κ2) is 6.66. The SMILES string of the molecule is CCC(C)C(NC(N)=O)C(=O)NC(C)c1nn[nH]n1. The minimum absolute atomic E-state index is 0.0371. The lowest BCUT2D eigenvalue weighted by molar-refractivity contribution is -0.124. The van der Waals surface area contributed by atoms with E-state index in [9.17, 15) is 9.59 Å². The van der Waals surface area contributed by atoms with Gasteiger partial charge in [0.1, 0.15) is 6.04 Å². The van der Waals surface area contributed by atoms with E-state index < -0.39 is 18.1 Å². The number of nitrogens with two attached hydrogens (primary N) is 1. The smallest absolute Gasteiger partial charge is 0.312 e. The van der Waals surface area contributed by atoms with Gasteiger partial charge in [0, 0.05) is 0 Å². The summed E-state index contributed by atoms with van der Waals surface area (Å²) in [5.74, 6) is 0.00532. The predicted molar refractivity (Wildman–Crippen MR) is 66.7 cm³/mol. The number of rotatable bonds is 6. The predicted octanol–water partition coefficient (Wildman–Crippen LogP) is -0.540. The Hall–Kier alpha value is -2.19. The molecule has 0 bridgehead atoms. The molecule has 3 amide bonds. The molecule has 0 spiro atoms. The lowest BCUT2D eigenvalue weighted by Gasteiger charge is -2.23. The van der Waals surface area contributed by atoms with Crippen molar-refractivity contribution in [2.45, 2.75) is 39.3 Å². The van der Waals surface area contributed by atoms with Gasteiger partial charge in [0.2, 0.25) is 5.91 Å². The second-order valence-electron chi connectivity index (χ2n) is 4.37. The van der Waals surface area contributed by atoms with Gasteiger partial charge in [-0.05, 0) is 12.8 Å². The summed E-state index contributed by atoms with van der Waals surface area (Å²) in [7, 11) is 0. The average Bonchev–Trinajstić information content (AvgIpc) is 2.88. The van der Waals surface area contributed by atoms with Crippen molar-refractivity contribution in [3.8, 4) is 0 Å². The molecule has 0 saturated heterocycles. The first-order valence-corrected chi connectivity index (χ1v) is 6.05. The van der Waals surface area contributed by atoms with Crippen molar-refractivity contribution in [1.29, 1.82) is 0 Å². The fourth-order valence-corrected chi connectivity index (χ4v) is 1.58. The summed E-state index contributed by atoms with van der Waals surface area (Å²) in [6.07, 6.45) is 0.731. The number of hydrogen-bond acceptors (Lipinski definition) is 5. The average molecular weight is 269 g/mol. The lowest BCUT2D eigenvalue weighted by atomic mass is 9.98. The molecule has 3 atom stereocenters. The largest absolute Gasteiger partial charge is 0.352 e. The van der Waals surface area contributed by atoms with Crippen LogP contribution in [0, 0.1) is 5.92 Å². The molecular weight excluding hydrogens is 250 g/mol. The number of tetrazole rings is 1. The number of nitrogens with zero attached hydrogens (tertiary/aromatic N) is 3. The Bertz CT molecular complexity index is 420. The maximum atomic E-state index is 12.1. The fourth-order valence-electron chi connectivity index (χ4n) is 1.58. The monoisotopic (exact) mass is 269 g/mol. The molecule has 106 valence electrons. The number of nitrogens with one attached hydrogen (secondary N) is 3. The number of aromatic nitrogens is 4. The molecule has 0 aliphatic rings. The second-order valence-corrected chi connectivity index (χ2v) is 4.37. The molecule has 0 aliphatic carbocycles. The van der Waals surface area contributed by atoms with Crippen LogP contribution in [0.15, 0.2) is 0 Å². The number of primary amides is 1. The number of amides is 3. The Labute approximate surface area is 110 Å². The highest BCUT2D eigenvalue weighted by Crippen LogP contribution is 2.10. The number of hydrogen-bond donors (Lipinski definition) is 4. The number of urea groups is 1. The molecule has 5 N–H and O–H groups in total. The van der Waals surface area contributed by atoms with Crippen LogP contribution in [0.2, 0.25) is 0 Å². The number of aromatic amines is 1. The van der Waals surface area contributed by atoms with Crippen LogP contribution in [0.3, 0.4) is 0 Å². The number of carbonyl (C=O) groups excluding carboxylic acids is 2. The normalized spacial score (nSPS) is 15.3. The van der Waals surface area contributed by atoms with Gasteiger partial charge in [-0.2, -0.15) is 5.21 Å². The van der Waals surface area contributed by atoms with Crippen LogP contribution < -0.4 is 16.4 Å². The van der Waals surface area contributed by atoms with Crippen molar-refractivity contribution in [2.75, 3.05) is 0 Å². The van der Waals surface area contributed by atoms with Gasteiger partial charge in [-0.3, -0.25) is 4.79 Å². The highest BCUT2D eigenvalue weighted by atomic mass is 16.2. The molecule has 0 aromatic carbocycles. The zero-order chi connectivity index (χ0) is 14.4. The van der Waals surface area contributed by atoms with Crippen molar-refractivity contribution >= 4 is 11.9 Å². The van der Waals surface area contributed by atoms with E-state index in [1.807, 2.05) is 13.8 Å². The summed E-state index contributed by atoms with van der Waals surface area (Å²) in [6, 6.07) is -1.82. The molecule has 0 fully saturated rings. The molecule has 1 rings (SSSR count). The van der Waals surface area contributed by atoms with Crippen LogP contribution in [0.1, 0.15) is 39.1 Å². The summed E-state index contributed by atoms with van der Waals surface area (Å²) >= 11 is 0. The van der Waals surface area contributed by atoms with Gasteiger partial charge < -0.3 is 16.4 Å². The Morgan fingerprint density at radius 1 is 1.37 bits per heavy atom. The Morgan fingerprint density at radius 3 is 2.53 bits per heavy atom. The molecule has 1 aromatic heterocycles. The van der Waals surface area contributed by atoms with E-state index in [0.29, 0.717) is 5.82 Å². The van der Waals surface area contributed by atoms with Crippen LogP contribution in [0.4, 0.5) is 4.79 Å². The number of H-pyrrole nitrogens is 1. The fraction of sp³-hybridized carbons (Fsp3) is 0.700. The van der Waals surface area contributed by atoms with E-state index in [1.165, 1.54) is 0 Å². The zero-order valence-corrected chi connectivity index (χ0v) is 11.2. The van der Waals surface area contributed by atoms with Crippen molar-refractivity contribution in [3.63, 3.8) is 0 Å². The molecule has 9 heteroatoms. The van der Waals surface area contributed by atoms with E-state index in [0.717, 1.165) is 6.42 Å². The summed E-state index contributed by atoms with van der Waals surface area (Å²) in [5, 5.41) is 18.4. The lowest BCUT2D eigenvalue weighted by Crippen LogP contribution is -2.52. The third-order valence-corrected chi connectivity index (χ3v) is 2.90. The molecule has 0 saturated carbocycles. The quantitative estimate of drug-likeness (QED) is 0.549. The summed E-state index contributed by atoms with van der Waals surface area (Å²) in [5.41, 5.74) is 5.08.